The average Bonchev–Trinajstić information content (AvgIpc) is 3.07. The number of amides is 1. The molecule has 0 saturated carbocycles. The summed E-state index contributed by atoms with van der Waals surface area (Å²) >= 11 is 7.31. The number of ether oxygens (including phenoxy) is 1. The second-order valence-electron chi connectivity index (χ2n) is 3.99. The lowest BCUT2D eigenvalue weighted by molar-refractivity contribution is -0.124. The zero-order chi connectivity index (χ0) is 14.4. The van der Waals surface area contributed by atoms with Crippen LogP contribution in [0.3, 0.4) is 0 Å². The van der Waals surface area contributed by atoms with Crippen molar-refractivity contribution in [1.29, 1.82) is 0 Å². The molecule has 0 atom stereocenters. The minimum atomic E-state index is -0.606. The Kier molecular flexibility index (Phi) is 5.20. The summed E-state index contributed by atoms with van der Waals surface area (Å²) in [6.45, 7) is 0.213. The van der Waals surface area contributed by atoms with Gasteiger partial charge in [-0.3, -0.25) is 4.79 Å². The number of hydrogen-bond acceptors (Lipinski definition) is 4. The van der Waals surface area contributed by atoms with E-state index < -0.39 is 5.97 Å². The molecule has 0 aliphatic carbocycles. The predicted octanol–water partition coefficient (Wildman–Crippen LogP) is 2.25. The fourth-order valence-corrected chi connectivity index (χ4v) is 2.40. The quantitative estimate of drug-likeness (QED) is 0.804. The molecule has 0 unspecified atom stereocenters. The maximum absolute atomic E-state index is 11.5. The van der Waals surface area contributed by atoms with Gasteiger partial charge < -0.3 is 15.0 Å². The number of thiophene rings is 1. The number of aromatic nitrogens is 1. The number of halogens is 1. The molecule has 0 saturated heterocycles. The topological polar surface area (TPSA) is 71.2 Å². The molecule has 2 aromatic rings. The van der Waals surface area contributed by atoms with Crippen LogP contribution >= 0.6 is 22.9 Å². The molecule has 0 fully saturated rings. The molecule has 2 heterocycles. The number of hydrogen-bond donors (Lipinski definition) is 2. The molecule has 0 aliphatic heterocycles. The Bertz CT molecular complexity index is 580. The van der Waals surface area contributed by atoms with Crippen molar-refractivity contribution < 1.29 is 14.3 Å². The van der Waals surface area contributed by atoms with Crippen LogP contribution in [0, 0.1) is 0 Å². The molecule has 106 valence electrons. The second-order valence-corrected chi connectivity index (χ2v) is 5.46. The zero-order valence-corrected chi connectivity index (χ0v) is 12.1. The van der Waals surface area contributed by atoms with E-state index in [1.54, 1.807) is 11.3 Å². The summed E-state index contributed by atoms with van der Waals surface area (Å²) in [7, 11) is 0. The Labute approximate surface area is 124 Å². The zero-order valence-electron chi connectivity index (χ0n) is 10.5. The van der Waals surface area contributed by atoms with Gasteiger partial charge in [0.15, 0.2) is 6.61 Å². The molecule has 2 aromatic heterocycles. The van der Waals surface area contributed by atoms with Gasteiger partial charge in [-0.25, -0.2) is 4.79 Å². The van der Waals surface area contributed by atoms with E-state index in [0.717, 1.165) is 6.42 Å². The first-order valence-electron chi connectivity index (χ1n) is 5.95. The first kappa shape index (κ1) is 14.6. The number of carbonyl (C=O) groups excluding carboxylic acids is 2. The fraction of sp³-hybridized carbons (Fsp3) is 0.231. The summed E-state index contributed by atoms with van der Waals surface area (Å²) in [5.74, 6) is -0.933. The highest BCUT2D eigenvalue weighted by atomic mass is 35.5. The van der Waals surface area contributed by atoms with E-state index in [1.807, 2.05) is 17.5 Å². The minimum Gasteiger partial charge on any atom is -0.451 e. The standard InChI is InChI=1S/C13H13ClN2O3S/c14-9-6-11(16-7-9)13(18)19-8-12(17)15-4-3-10-2-1-5-20-10/h1-2,5-7,16H,3-4,8H2,(H,15,17). The minimum absolute atomic E-state index is 0.224. The smallest absolute Gasteiger partial charge is 0.355 e. The summed E-state index contributed by atoms with van der Waals surface area (Å²) in [5.41, 5.74) is 0.224. The summed E-state index contributed by atoms with van der Waals surface area (Å²) in [6, 6.07) is 5.41. The first-order chi connectivity index (χ1) is 9.65. The van der Waals surface area contributed by atoms with Gasteiger partial charge in [-0.15, -0.1) is 11.3 Å². The highest BCUT2D eigenvalue weighted by Crippen LogP contribution is 2.10. The Balaban J connectivity index is 1.66. The van der Waals surface area contributed by atoms with Crippen molar-refractivity contribution in [3.8, 4) is 0 Å². The van der Waals surface area contributed by atoms with Gasteiger partial charge in [-0.2, -0.15) is 0 Å². The third-order valence-electron chi connectivity index (χ3n) is 2.48. The third-order valence-corrected chi connectivity index (χ3v) is 3.63. The van der Waals surface area contributed by atoms with Crippen molar-refractivity contribution in [2.75, 3.05) is 13.2 Å². The van der Waals surface area contributed by atoms with Gasteiger partial charge in [0.25, 0.3) is 5.91 Å². The molecule has 0 aliphatic rings. The van der Waals surface area contributed by atoms with Crippen LogP contribution in [-0.4, -0.2) is 30.0 Å². The van der Waals surface area contributed by atoms with Crippen LogP contribution in [0.1, 0.15) is 15.4 Å². The van der Waals surface area contributed by atoms with Crippen LogP contribution in [0.5, 0.6) is 0 Å². The molecule has 2 rings (SSSR count). The summed E-state index contributed by atoms with van der Waals surface area (Å²) in [4.78, 5) is 26.9. The Morgan fingerprint density at radius 3 is 2.95 bits per heavy atom. The van der Waals surface area contributed by atoms with Gasteiger partial charge in [0.05, 0.1) is 5.02 Å². The molecule has 0 radical (unpaired) electrons. The number of nitrogens with one attached hydrogen (secondary N) is 2. The van der Waals surface area contributed by atoms with E-state index in [4.69, 9.17) is 16.3 Å². The molecule has 7 heteroatoms. The van der Waals surface area contributed by atoms with Crippen LogP contribution < -0.4 is 5.32 Å². The highest BCUT2D eigenvalue weighted by Gasteiger charge is 2.11. The lowest BCUT2D eigenvalue weighted by atomic mass is 10.3. The van der Waals surface area contributed by atoms with Crippen molar-refractivity contribution in [2.24, 2.45) is 0 Å². The van der Waals surface area contributed by atoms with Gasteiger partial charge in [0.2, 0.25) is 0 Å². The molecule has 20 heavy (non-hydrogen) atoms. The Morgan fingerprint density at radius 2 is 2.30 bits per heavy atom. The van der Waals surface area contributed by atoms with E-state index in [0.29, 0.717) is 11.6 Å². The number of aromatic amines is 1. The van der Waals surface area contributed by atoms with Crippen LogP contribution in [0.15, 0.2) is 29.8 Å². The molecule has 0 spiro atoms. The van der Waals surface area contributed by atoms with E-state index in [-0.39, 0.29) is 18.2 Å². The van der Waals surface area contributed by atoms with Gasteiger partial charge in [-0.1, -0.05) is 17.7 Å². The van der Waals surface area contributed by atoms with Gasteiger partial charge in [0.1, 0.15) is 5.69 Å². The lowest BCUT2D eigenvalue weighted by Gasteiger charge is -2.05. The monoisotopic (exact) mass is 312 g/mol. The van der Waals surface area contributed by atoms with Crippen LogP contribution in [0.2, 0.25) is 5.02 Å². The molecular weight excluding hydrogens is 300 g/mol. The van der Waals surface area contributed by atoms with Crippen molar-refractivity contribution in [3.05, 3.63) is 45.4 Å². The SMILES string of the molecule is O=C(COC(=O)c1cc(Cl)c[nH]1)NCCc1cccs1. The van der Waals surface area contributed by atoms with Crippen LogP contribution in [0.25, 0.3) is 0 Å². The van der Waals surface area contributed by atoms with E-state index in [1.165, 1.54) is 17.1 Å². The van der Waals surface area contributed by atoms with Crippen molar-refractivity contribution in [2.45, 2.75) is 6.42 Å². The number of carbonyl (C=O) groups is 2. The van der Waals surface area contributed by atoms with Gasteiger partial charge in [0, 0.05) is 17.6 Å². The van der Waals surface area contributed by atoms with E-state index in [2.05, 4.69) is 10.3 Å². The molecule has 0 bridgehead atoms. The van der Waals surface area contributed by atoms with Crippen molar-refractivity contribution in [1.82, 2.24) is 10.3 Å². The van der Waals surface area contributed by atoms with Crippen molar-refractivity contribution in [3.63, 3.8) is 0 Å². The van der Waals surface area contributed by atoms with E-state index in [9.17, 15) is 9.59 Å². The molecule has 5 nitrogen and oxygen atoms in total. The largest absolute Gasteiger partial charge is 0.451 e. The summed E-state index contributed by atoms with van der Waals surface area (Å²) in [6.07, 6.45) is 2.24. The van der Waals surface area contributed by atoms with Crippen LogP contribution in [-0.2, 0) is 16.0 Å². The highest BCUT2D eigenvalue weighted by molar-refractivity contribution is 7.09. The molecule has 2 N–H and O–H groups in total. The normalized spacial score (nSPS) is 10.2. The molecular formula is C13H13ClN2O3S. The lowest BCUT2D eigenvalue weighted by Crippen LogP contribution is -2.30. The van der Waals surface area contributed by atoms with E-state index >= 15 is 0 Å². The third kappa shape index (κ3) is 4.40. The van der Waals surface area contributed by atoms with Gasteiger partial charge >= 0.3 is 5.97 Å². The molecule has 1 amide bonds. The number of rotatable bonds is 6. The maximum Gasteiger partial charge on any atom is 0.355 e. The Morgan fingerprint density at radius 1 is 1.45 bits per heavy atom. The molecule has 0 aromatic carbocycles. The second kappa shape index (κ2) is 7.12. The predicted molar refractivity (Wildman–Crippen MR) is 77.1 cm³/mol. The maximum atomic E-state index is 11.5. The van der Waals surface area contributed by atoms with Crippen molar-refractivity contribution >= 4 is 34.8 Å². The number of esters is 1. The summed E-state index contributed by atoms with van der Waals surface area (Å²) < 4.78 is 4.85. The van der Waals surface area contributed by atoms with Gasteiger partial charge in [-0.05, 0) is 23.9 Å². The summed E-state index contributed by atoms with van der Waals surface area (Å²) in [5, 5.41) is 5.09. The average molecular weight is 313 g/mol. The van der Waals surface area contributed by atoms with Crippen LogP contribution in [0.4, 0.5) is 0 Å². The first-order valence-corrected chi connectivity index (χ1v) is 7.21. The fourth-order valence-electron chi connectivity index (χ4n) is 1.53. The Hall–Kier alpha value is -1.79. The number of H-pyrrole nitrogens is 1.